The van der Waals surface area contributed by atoms with Crippen LogP contribution in [0.4, 0.5) is 0 Å². The minimum absolute atomic E-state index is 0.726. The van der Waals surface area contributed by atoms with E-state index < -0.39 is 0 Å². The number of nitrogens with zero attached hydrogens (tertiary/aromatic N) is 2. The lowest BCUT2D eigenvalue weighted by Crippen LogP contribution is -2.00. The molecule has 0 amide bonds. The summed E-state index contributed by atoms with van der Waals surface area (Å²) in [6.45, 7) is 4.44. The van der Waals surface area contributed by atoms with Crippen LogP contribution in [0, 0.1) is 0 Å². The first-order chi connectivity index (χ1) is 5.36. The van der Waals surface area contributed by atoms with E-state index in [1.165, 1.54) is 12.8 Å². The van der Waals surface area contributed by atoms with Crippen molar-refractivity contribution in [2.75, 3.05) is 0 Å². The molecule has 0 radical (unpaired) electrons. The van der Waals surface area contributed by atoms with Crippen molar-refractivity contribution in [3.05, 3.63) is 18.7 Å². The second kappa shape index (κ2) is 4.44. The second-order valence-corrected chi connectivity index (χ2v) is 3.77. The molecule has 0 bridgehead atoms. The maximum Gasteiger partial charge on any atom is 0.105 e. The van der Waals surface area contributed by atoms with Crippen LogP contribution in [-0.2, 0) is 0 Å². The Morgan fingerprint density at radius 2 is 2.18 bits per heavy atom. The van der Waals surface area contributed by atoms with Gasteiger partial charge in [-0.05, 0) is 24.8 Å². The SMILES string of the molecule is CCC(CC)Sn1ccnc1. The molecule has 0 aliphatic rings. The standard InChI is InChI=1S/C8H14N2S/c1-3-8(4-2)11-10-6-5-9-7-10/h5-8H,3-4H2,1-2H3. The van der Waals surface area contributed by atoms with E-state index in [2.05, 4.69) is 22.8 Å². The van der Waals surface area contributed by atoms with E-state index in [0.29, 0.717) is 0 Å². The first-order valence-electron chi connectivity index (χ1n) is 4.02. The minimum Gasteiger partial charge on any atom is -0.280 e. The number of rotatable bonds is 4. The largest absolute Gasteiger partial charge is 0.280 e. The number of imidazole rings is 1. The Kier molecular flexibility index (Phi) is 3.49. The highest BCUT2D eigenvalue weighted by atomic mass is 32.2. The Hall–Kier alpha value is -0.440. The fraction of sp³-hybridized carbons (Fsp3) is 0.625. The third-order valence-electron chi connectivity index (χ3n) is 1.66. The molecule has 2 nitrogen and oxygen atoms in total. The molecule has 0 spiro atoms. The van der Waals surface area contributed by atoms with Gasteiger partial charge in [-0.25, -0.2) is 4.98 Å². The Morgan fingerprint density at radius 3 is 2.64 bits per heavy atom. The first-order valence-corrected chi connectivity index (χ1v) is 4.85. The van der Waals surface area contributed by atoms with Crippen LogP contribution in [0.5, 0.6) is 0 Å². The Bertz CT molecular complexity index is 180. The Balaban J connectivity index is 2.41. The zero-order valence-corrected chi connectivity index (χ0v) is 7.84. The summed E-state index contributed by atoms with van der Waals surface area (Å²) in [5.74, 6) is 0. The molecular formula is C8H14N2S. The normalized spacial score (nSPS) is 10.8. The number of hydrogen-bond donors (Lipinski definition) is 0. The molecule has 0 unspecified atom stereocenters. The monoisotopic (exact) mass is 170 g/mol. The summed E-state index contributed by atoms with van der Waals surface area (Å²) in [5, 5.41) is 0.726. The van der Waals surface area contributed by atoms with Crippen molar-refractivity contribution in [1.29, 1.82) is 0 Å². The minimum atomic E-state index is 0.726. The summed E-state index contributed by atoms with van der Waals surface area (Å²) in [4.78, 5) is 3.99. The smallest absolute Gasteiger partial charge is 0.105 e. The van der Waals surface area contributed by atoms with E-state index in [9.17, 15) is 0 Å². The molecule has 0 aromatic carbocycles. The molecule has 3 heteroatoms. The van der Waals surface area contributed by atoms with Crippen molar-refractivity contribution >= 4 is 11.9 Å². The van der Waals surface area contributed by atoms with Crippen LogP contribution in [0.2, 0.25) is 0 Å². The summed E-state index contributed by atoms with van der Waals surface area (Å²) in [7, 11) is 0. The number of aromatic nitrogens is 2. The van der Waals surface area contributed by atoms with Gasteiger partial charge in [0, 0.05) is 17.6 Å². The fourth-order valence-electron chi connectivity index (χ4n) is 0.919. The first kappa shape index (κ1) is 8.65. The molecule has 0 aliphatic carbocycles. The van der Waals surface area contributed by atoms with Gasteiger partial charge >= 0.3 is 0 Å². The van der Waals surface area contributed by atoms with Crippen LogP contribution >= 0.6 is 11.9 Å². The topological polar surface area (TPSA) is 17.8 Å². The molecule has 1 heterocycles. The van der Waals surface area contributed by atoms with E-state index in [-0.39, 0.29) is 0 Å². The molecule has 0 N–H and O–H groups in total. The second-order valence-electron chi connectivity index (χ2n) is 2.47. The molecule has 0 saturated carbocycles. The van der Waals surface area contributed by atoms with Gasteiger partial charge < -0.3 is 0 Å². The molecule has 0 saturated heterocycles. The van der Waals surface area contributed by atoms with Crippen LogP contribution in [0.15, 0.2) is 18.7 Å². The quantitative estimate of drug-likeness (QED) is 0.691. The van der Waals surface area contributed by atoms with Crippen molar-refractivity contribution in [2.24, 2.45) is 0 Å². The lowest BCUT2D eigenvalue weighted by molar-refractivity contribution is 0.788. The van der Waals surface area contributed by atoms with E-state index in [0.717, 1.165) is 5.25 Å². The van der Waals surface area contributed by atoms with E-state index in [1.807, 2.05) is 30.7 Å². The van der Waals surface area contributed by atoms with Gasteiger partial charge in [-0.3, -0.25) is 3.97 Å². The van der Waals surface area contributed by atoms with E-state index in [1.54, 1.807) is 0 Å². The summed E-state index contributed by atoms with van der Waals surface area (Å²) < 4.78 is 2.07. The van der Waals surface area contributed by atoms with Gasteiger partial charge in [0.1, 0.15) is 6.33 Å². The highest BCUT2D eigenvalue weighted by Crippen LogP contribution is 2.18. The average molecular weight is 170 g/mol. The predicted octanol–water partition coefficient (Wildman–Crippen LogP) is 2.57. The van der Waals surface area contributed by atoms with Gasteiger partial charge in [-0.1, -0.05) is 13.8 Å². The molecule has 1 aromatic heterocycles. The van der Waals surface area contributed by atoms with Gasteiger partial charge in [0.25, 0.3) is 0 Å². The summed E-state index contributed by atoms with van der Waals surface area (Å²) >= 11 is 1.85. The van der Waals surface area contributed by atoms with E-state index in [4.69, 9.17) is 0 Å². The molecular weight excluding hydrogens is 156 g/mol. The maximum absolute atomic E-state index is 3.99. The third-order valence-corrected chi connectivity index (χ3v) is 3.09. The van der Waals surface area contributed by atoms with Crippen LogP contribution in [0.1, 0.15) is 26.7 Å². The maximum atomic E-state index is 3.99. The molecule has 62 valence electrons. The summed E-state index contributed by atoms with van der Waals surface area (Å²) in [5.41, 5.74) is 0. The predicted molar refractivity (Wildman–Crippen MR) is 49.6 cm³/mol. The van der Waals surface area contributed by atoms with Crippen molar-refractivity contribution in [1.82, 2.24) is 8.96 Å². The highest BCUT2D eigenvalue weighted by molar-refractivity contribution is 7.98. The van der Waals surface area contributed by atoms with Crippen molar-refractivity contribution < 1.29 is 0 Å². The van der Waals surface area contributed by atoms with Gasteiger partial charge in [0.05, 0.1) is 0 Å². The Labute approximate surface area is 72.2 Å². The van der Waals surface area contributed by atoms with Crippen LogP contribution in [-0.4, -0.2) is 14.2 Å². The third kappa shape index (κ3) is 2.58. The van der Waals surface area contributed by atoms with Crippen LogP contribution in [0.25, 0.3) is 0 Å². The van der Waals surface area contributed by atoms with Crippen LogP contribution < -0.4 is 0 Å². The fourth-order valence-corrected chi connectivity index (χ4v) is 1.80. The van der Waals surface area contributed by atoms with Gasteiger partial charge in [0.15, 0.2) is 0 Å². The average Bonchev–Trinajstić information content (AvgIpc) is 2.52. The molecule has 1 aromatic rings. The van der Waals surface area contributed by atoms with Crippen LogP contribution in [0.3, 0.4) is 0 Å². The number of hydrogen-bond acceptors (Lipinski definition) is 2. The molecule has 11 heavy (non-hydrogen) atoms. The summed E-state index contributed by atoms with van der Waals surface area (Å²) in [6, 6.07) is 0. The zero-order valence-electron chi connectivity index (χ0n) is 7.03. The molecule has 1 rings (SSSR count). The summed E-state index contributed by atoms with van der Waals surface area (Å²) in [6.07, 6.45) is 8.10. The van der Waals surface area contributed by atoms with E-state index >= 15 is 0 Å². The lowest BCUT2D eigenvalue weighted by atomic mass is 10.3. The molecule has 0 aliphatic heterocycles. The van der Waals surface area contributed by atoms with Crippen molar-refractivity contribution in [3.8, 4) is 0 Å². The van der Waals surface area contributed by atoms with Gasteiger partial charge in [-0.2, -0.15) is 0 Å². The molecule has 0 atom stereocenters. The zero-order chi connectivity index (χ0) is 8.10. The van der Waals surface area contributed by atoms with Gasteiger partial charge in [-0.15, -0.1) is 0 Å². The Morgan fingerprint density at radius 1 is 1.45 bits per heavy atom. The molecule has 0 fully saturated rings. The lowest BCUT2D eigenvalue weighted by Gasteiger charge is -2.10. The highest BCUT2D eigenvalue weighted by Gasteiger charge is 2.03. The van der Waals surface area contributed by atoms with Gasteiger partial charge in [0.2, 0.25) is 0 Å². The van der Waals surface area contributed by atoms with Crippen molar-refractivity contribution in [3.63, 3.8) is 0 Å². The van der Waals surface area contributed by atoms with Crippen molar-refractivity contribution in [2.45, 2.75) is 31.9 Å².